The number of ether oxygens (including phenoxy) is 2. The minimum atomic E-state index is -0.138. The van der Waals surface area contributed by atoms with Gasteiger partial charge < -0.3 is 19.4 Å². The molecule has 1 heterocycles. The average Bonchev–Trinajstić information content (AvgIpc) is 3.20. The maximum absolute atomic E-state index is 12.6. The molecule has 0 atom stereocenters. The molecule has 1 aromatic heterocycles. The number of carbonyl (C=O) groups excluding carboxylic acids is 1. The number of rotatable bonds is 9. The SMILES string of the molecule is COc1ccc(C(=O)NCCn2cc(SCc3cccc(C)c3)c3ccccc32)cc1OC. The molecule has 0 fully saturated rings. The van der Waals surface area contributed by atoms with Crippen molar-refractivity contribution in [2.24, 2.45) is 0 Å². The molecule has 0 aliphatic carbocycles. The molecule has 0 aliphatic heterocycles. The number of fused-ring (bicyclic) bond motifs is 1. The quantitative estimate of drug-likeness (QED) is 0.326. The van der Waals surface area contributed by atoms with Crippen LogP contribution in [0.1, 0.15) is 21.5 Å². The zero-order valence-electron chi connectivity index (χ0n) is 19.1. The Labute approximate surface area is 198 Å². The normalized spacial score (nSPS) is 10.9. The molecule has 0 aliphatic rings. The summed E-state index contributed by atoms with van der Waals surface area (Å²) in [4.78, 5) is 13.9. The molecule has 4 rings (SSSR count). The van der Waals surface area contributed by atoms with Crippen molar-refractivity contribution in [1.29, 1.82) is 0 Å². The van der Waals surface area contributed by atoms with Gasteiger partial charge in [-0.05, 0) is 36.8 Å². The van der Waals surface area contributed by atoms with Crippen LogP contribution in [0.4, 0.5) is 0 Å². The smallest absolute Gasteiger partial charge is 0.251 e. The number of nitrogens with one attached hydrogen (secondary N) is 1. The summed E-state index contributed by atoms with van der Waals surface area (Å²) in [6.45, 7) is 3.33. The van der Waals surface area contributed by atoms with Crippen LogP contribution in [0.15, 0.2) is 77.8 Å². The number of benzene rings is 3. The van der Waals surface area contributed by atoms with Crippen molar-refractivity contribution in [3.63, 3.8) is 0 Å². The lowest BCUT2D eigenvalue weighted by molar-refractivity contribution is 0.0952. The molecule has 0 spiro atoms. The number of nitrogens with zero attached hydrogens (tertiary/aromatic N) is 1. The molecule has 0 saturated heterocycles. The minimum Gasteiger partial charge on any atom is -0.493 e. The van der Waals surface area contributed by atoms with E-state index in [1.54, 1.807) is 32.4 Å². The molecule has 33 heavy (non-hydrogen) atoms. The van der Waals surface area contributed by atoms with Crippen LogP contribution in [-0.2, 0) is 12.3 Å². The fraction of sp³-hybridized carbons (Fsp3) is 0.222. The van der Waals surface area contributed by atoms with Crippen LogP contribution >= 0.6 is 11.8 Å². The molecular formula is C27H28N2O3S. The van der Waals surface area contributed by atoms with Crippen molar-refractivity contribution in [3.8, 4) is 11.5 Å². The van der Waals surface area contributed by atoms with Crippen LogP contribution in [0.2, 0.25) is 0 Å². The van der Waals surface area contributed by atoms with E-state index in [2.05, 4.69) is 71.5 Å². The van der Waals surface area contributed by atoms with E-state index in [-0.39, 0.29) is 5.91 Å². The lowest BCUT2D eigenvalue weighted by Gasteiger charge is -2.10. The highest BCUT2D eigenvalue weighted by molar-refractivity contribution is 7.98. The molecule has 0 saturated carbocycles. The van der Waals surface area contributed by atoms with E-state index < -0.39 is 0 Å². The minimum absolute atomic E-state index is 0.138. The predicted molar refractivity (Wildman–Crippen MR) is 135 cm³/mol. The van der Waals surface area contributed by atoms with Crippen molar-refractivity contribution >= 4 is 28.6 Å². The number of methoxy groups -OCH3 is 2. The third-order valence-corrected chi connectivity index (χ3v) is 6.63. The Morgan fingerprint density at radius 1 is 0.970 bits per heavy atom. The Balaban J connectivity index is 1.43. The Hall–Kier alpha value is -3.38. The van der Waals surface area contributed by atoms with Gasteiger partial charge in [0.15, 0.2) is 11.5 Å². The summed E-state index contributed by atoms with van der Waals surface area (Å²) in [5, 5.41) is 4.25. The first-order valence-corrected chi connectivity index (χ1v) is 11.8. The lowest BCUT2D eigenvalue weighted by atomic mass is 10.2. The molecule has 1 amide bonds. The number of carbonyl (C=O) groups is 1. The summed E-state index contributed by atoms with van der Waals surface area (Å²) in [6, 6.07) is 22.2. The summed E-state index contributed by atoms with van der Waals surface area (Å²) in [5.74, 6) is 1.92. The second-order valence-electron chi connectivity index (χ2n) is 7.81. The number of aryl methyl sites for hydroxylation is 1. The largest absolute Gasteiger partial charge is 0.493 e. The third kappa shape index (κ3) is 5.34. The van der Waals surface area contributed by atoms with E-state index in [9.17, 15) is 4.79 Å². The molecule has 5 nitrogen and oxygen atoms in total. The predicted octanol–water partition coefficient (Wildman–Crippen LogP) is 5.69. The highest BCUT2D eigenvalue weighted by Crippen LogP contribution is 2.32. The fourth-order valence-corrected chi connectivity index (χ4v) is 4.88. The van der Waals surface area contributed by atoms with Crippen molar-refractivity contribution in [2.75, 3.05) is 20.8 Å². The van der Waals surface area contributed by atoms with Gasteiger partial charge >= 0.3 is 0 Å². The van der Waals surface area contributed by atoms with Gasteiger partial charge in [0.1, 0.15) is 0 Å². The van der Waals surface area contributed by atoms with Crippen molar-refractivity contribution in [3.05, 3.63) is 89.6 Å². The van der Waals surface area contributed by atoms with Gasteiger partial charge in [-0.15, -0.1) is 11.8 Å². The molecular weight excluding hydrogens is 432 g/mol. The Morgan fingerprint density at radius 2 is 1.79 bits per heavy atom. The van der Waals surface area contributed by atoms with Crippen LogP contribution < -0.4 is 14.8 Å². The number of amides is 1. The van der Waals surface area contributed by atoms with E-state index >= 15 is 0 Å². The third-order valence-electron chi connectivity index (χ3n) is 5.51. The van der Waals surface area contributed by atoms with E-state index in [4.69, 9.17) is 9.47 Å². The van der Waals surface area contributed by atoms with Crippen LogP contribution in [0.3, 0.4) is 0 Å². The van der Waals surface area contributed by atoms with Crippen LogP contribution in [0, 0.1) is 6.92 Å². The van der Waals surface area contributed by atoms with Gasteiger partial charge in [-0.1, -0.05) is 48.0 Å². The van der Waals surface area contributed by atoms with Gasteiger partial charge in [0, 0.05) is 46.4 Å². The first-order valence-electron chi connectivity index (χ1n) is 10.9. The summed E-state index contributed by atoms with van der Waals surface area (Å²) in [5.41, 5.74) is 4.31. The Morgan fingerprint density at radius 3 is 2.58 bits per heavy atom. The van der Waals surface area contributed by atoms with Crippen molar-refractivity contribution < 1.29 is 14.3 Å². The van der Waals surface area contributed by atoms with Gasteiger partial charge in [0.05, 0.1) is 14.2 Å². The molecule has 3 aromatic carbocycles. The molecule has 0 radical (unpaired) electrons. The number of hydrogen-bond acceptors (Lipinski definition) is 4. The zero-order valence-corrected chi connectivity index (χ0v) is 19.9. The van der Waals surface area contributed by atoms with Gasteiger partial charge in [0.25, 0.3) is 5.91 Å². The fourth-order valence-electron chi connectivity index (χ4n) is 3.85. The summed E-state index contributed by atoms with van der Waals surface area (Å²) in [7, 11) is 3.14. The maximum Gasteiger partial charge on any atom is 0.251 e. The van der Waals surface area contributed by atoms with Crippen molar-refractivity contribution in [2.45, 2.75) is 24.1 Å². The van der Waals surface area contributed by atoms with Crippen LogP contribution in [0.5, 0.6) is 11.5 Å². The monoisotopic (exact) mass is 460 g/mol. The average molecular weight is 461 g/mol. The molecule has 0 bridgehead atoms. The van der Waals surface area contributed by atoms with E-state index in [0.717, 1.165) is 5.75 Å². The molecule has 4 aromatic rings. The Bertz CT molecular complexity index is 1270. The molecule has 1 N–H and O–H groups in total. The zero-order chi connectivity index (χ0) is 23.2. The number of aromatic nitrogens is 1. The van der Waals surface area contributed by atoms with Gasteiger partial charge in [-0.2, -0.15) is 0 Å². The van der Waals surface area contributed by atoms with Crippen LogP contribution in [-0.4, -0.2) is 31.2 Å². The highest BCUT2D eigenvalue weighted by Gasteiger charge is 2.12. The summed E-state index contributed by atoms with van der Waals surface area (Å²) in [6.07, 6.45) is 2.19. The summed E-state index contributed by atoms with van der Waals surface area (Å²) < 4.78 is 12.8. The number of thioether (sulfide) groups is 1. The second kappa shape index (κ2) is 10.5. The van der Waals surface area contributed by atoms with Crippen LogP contribution in [0.25, 0.3) is 10.9 Å². The lowest BCUT2D eigenvalue weighted by Crippen LogP contribution is -2.27. The standard InChI is InChI=1S/C27H28N2O3S/c1-19-7-6-8-20(15-19)18-33-26-17-29(23-10-5-4-9-22(23)26)14-13-28-27(30)21-11-12-24(31-2)25(16-21)32-3/h4-12,15-17H,13-14,18H2,1-3H3,(H,28,30). The molecule has 6 heteroatoms. The first-order chi connectivity index (χ1) is 16.1. The van der Waals surface area contributed by atoms with E-state index in [1.807, 2.05) is 11.8 Å². The molecule has 170 valence electrons. The van der Waals surface area contributed by atoms with E-state index in [1.165, 1.54) is 26.9 Å². The Kier molecular flexibility index (Phi) is 7.25. The van der Waals surface area contributed by atoms with Gasteiger partial charge in [-0.3, -0.25) is 4.79 Å². The van der Waals surface area contributed by atoms with Gasteiger partial charge in [-0.25, -0.2) is 0 Å². The van der Waals surface area contributed by atoms with E-state index in [0.29, 0.717) is 30.2 Å². The number of hydrogen-bond donors (Lipinski definition) is 1. The maximum atomic E-state index is 12.6. The molecule has 0 unspecified atom stereocenters. The number of para-hydroxylation sites is 1. The van der Waals surface area contributed by atoms with Crippen molar-refractivity contribution in [1.82, 2.24) is 9.88 Å². The highest BCUT2D eigenvalue weighted by atomic mass is 32.2. The topological polar surface area (TPSA) is 52.5 Å². The summed E-state index contributed by atoms with van der Waals surface area (Å²) >= 11 is 1.84. The first kappa shape index (κ1) is 22.8. The second-order valence-corrected chi connectivity index (χ2v) is 8.82. The van der Waals surface area contributed by atoms with Gasteiger partial charge in [0.2, 0.25) is 0 Å².